The molecule has 0 unspecified atom stereocenters. The number of carbonyl (C=O) groups excluding carboxylic acids is 1. The van der Waals surface area contributed by atoms with E-state index in [0.717, 1.165) is 0 Å². The van der Waals surface area contributed by atoms with Gasteiger partial charge in [0.05, 0.1) is 0 Å². The van der Waals surface area contributed by atoms with Crippen molar-refractivity contribution in [3.63, 3.8) is 0 Å². The second-order valence-electron chi connectivity index (χ2n) is 2.83. The molecule has 0 aliphatic carbocycles. The highest BCUT2D eigenvalue weighted by Gasteiger charge is 2.47. The van der Waals surface area contributed by atoms with Crippen LogP contribution in [0, 0.1) is 0 Å². The summed E-state index contributed by atoms with van der Waals surface area (Å²) >= 11 is 0. The van der Waals surface area contributed by atoms with Gasteiger partial charge in [-0.2, -0.15) is 5.26 Å². The first-order valence-corrected chi connectivity index (χ1v) is 3.72. The Labute approximate surface area is 77.8 Å². The maximum absolute atomic E-state index is 10.7. The van der Waals surface area contributed by atoms with Crippen LogP contribution in [0.15, 0.2) is 0 Å². The van der Waals surface area contributed by atoms with Gasteiger partial charge in [-0.25, -0.2) is 4.79 Å². The second kappa shape index (κ2) is 4.17. The molecule has 0 spiro atoms. The van der Waals surface area contributed by atoms with Gasteiger partial charge in [0, 0.05) is 0 Å². The molecule has 1 aliphatic rings. The van der Waals surface area contributed by atoms with Crippen molar-refractivity contribution in [2.45, 2.75) is 30.7 Å². The summed E-state index contributed by atoms with van der Waals surface area (Å²) in [5, 5.41) is 44.2. The molecule has 82 valence electrons. The summed E-state index contributed by atoms with van der Waals surface area (Å²) in [6, 6.07) is 0. The number of aliphatic hydroxyl groups excluding tert-OH is 4. The van der Waals surface area contributed by atoms with Crippen molar-refractivity contribution in [3.05, 3.63) is 0 Å². The molecule has 1 aliphatic heterocycles. The Morgan fingerprint density at radius 2 is 1.64 bits per heavy atom. The molecule has 1 fully saturated rings. The number of aliphatic hydroxyl groups is 4. The number of ether oxygens (including phenoxy) is 1. The second-order valence-corrected chi connectivity index (χ2v) is 2.83. The topological polar surface area (TPSA) is 137 Å². The number of hydrogen-bond acceptors (Lipinski definition) is 8. The summed E-state index contributed by atoms with van der Waals surface area (Å²) in [5.74, 6) is -1.37. The van der Waals surface area contributed by atoms with Gasteiger partial charge in [-0.05, 0) is 0 Å². The van der Waals surface area contributed by atoms with Crippen molar-refractivity contribution < 1.29 is 40.1 Å². The predicted octanol–water partition coefficient (Wildman–Crippen LogP) is -3.20. The van der Waals surface area contributed by atoms with Crippen LogP contribution in [0.25, 0.3) is 0 Å². The van der Waals surface area contributed by atoms with Crippen LogP contribution in [0.1, 0.15) is 0 Å². The fourth-order valence-electron chi connectivity index (χ4n) is 1.11. The maximum Gasteiger partial charge on any atom is 0.373 e. The van der Waals surface area contributed by atoms with Crippen LogP contribution in [-0.4, -0.2) is 62.4 Å². The van der Waals surface area contributed by atoms with E-state index in [9.17, 15) is 4.79 Å². The zero-order chi connectivity index (χ0) is 10.9. The van der Waals surface area contributed by atoms with Crippen LogP contribution in [0.3, 0.4) is 0 Å². The third kappa shape index (κ3) is 1.85. The molecule has 1 heterocycles. The monoisotopic (exact) mass is 210 g/mol. The predicted molar refractivity (Wildman–Crippen MR) is 37.6 cm³/mol. The zero-order valence-electron chi connectivity index (χ0n) is 6.85. The van der Waals surface area contributed by atoms with E-state index in [1.807, 2.05) is 0 Å². The Morgan fingerprint density at radius 1 is 1.07 bits per heavy atom. The summed E-state index contributed by atoms with van der Waals surface area (Å²) in [7, 11) is 0. The quantitative estimate of drug-likeness (QED) is 0.225. The molecule has 1 saturated heterocycles. The number of rotatable bonds is 1. The van der Waals surface area contributed by atoms with Gasteiger partial charge in [-0.15, -0.1) is 0 Å². The minimum Gasteiger partial charge on any atom is -0.387 e. The van der Waals surface area contributed by atoms with E-state index in [0.29, 0.717) is 0 Å². The highest BCUT2D eigenvalue weighted by Crippen LogP contribution is 2.20. The van der Waals surface area contributed by atoms with Gasteiger partial charge >= 0.3 is 5.97 Å². The Hall–Kier alpha value is -0.770. The van der Waals surface area contributed by atoms with E-state index in [1.54, 1.807) is 0 Å². The van der Waals surface area contributed by atoms with Gasteiger partial charge in [-0.3, -0.25) is 4.89 Å². The van der Waals surface area contributed by atoms with Gasteiger partial charge in [0.1, 0.15) is 18.3 Å². The molecule has 0 bridgehead atoms. The zero-order valence-corrected chi connectivity index (χ0v) is 6.85. The smallest absolute Gasteiger partial charge is 0.373 e. The minimum absolute atomic E-state index is 1.37. The van der Waals surface area contributed by atoms with Crippen molar-refractivity contribution in [1.82, 2.24) is 0 Å². The fourth-order valence-corrected chi connectivity index (χ4v) is 1.11. The van der Waals surface area contributed by atoms with E-state index in [-0.39, 0.29) is 0 Å². The summed E-state index contributed by atoms with van der Waals surface area (Å²) in [6.07, 6.45) is -8.85. The first kappa shape index (κ1) is 11.3. The highest BCUT2D eigenvalue weighted by atomic mass is 17.1. The lowest BCUT2D eigenvalue weighted by atomic mass is 9.99. The van der Waals surface area contributed by atoms with E-state index in [2.05, 4.69) is 9.62 Å². The molecule has 0 aromatic rings. The Balaban J connectivity index is 2.75. The molecule has 1 rings (SSSR count). The molecule has 5 atom stereocenters. The molecule has 0 aromatic carbocycles. The summed E-state index contributed by atoms with van der Waals surface area (Å²) < 4.78 is 4.39. The Bertz CT molecular complexity index is 218. The van der Waals surface area contributed by atoms with Crippen LogP contribution in [0.2, 0.25) is 0 Å². The van der Waals surface area contributed by atoms with Crippen molar-refractivity contribution >= 4 is 5.97 Å². The first-order chi connectivity index (χ1) is 6.49. The van der Waals surface area contributed by atoms with Gasteiger partial charge in [0.15, 0.2) is 12.4 Å². The van der Waals surface area contributed by atoms with Gasteiger partial charge < -0.3 is 25.2 Å². The van der Waals surface area contributed by atoms with Crippen LogP contribution in [-0.2, 0) is 14.4 Å². The lowest BCUT2D eigenvalue weighted by Gasteiger charge is -2.36. The molecule has 0 amide bonds. The van der Waals surface area contributed by atoms with E-state index < -0.39 is 36.7 Å². The Morgan fingerprint density at radius 3 is 2.14 bits per heavy atom. The number of hydrogen-bond donors (Lipinski definition) is 5. The molecule has 0 aromatic heterocycles. The van der Waals surface area contributed by atoms with Crippen molar-refractivity contribution in [1.29, 1.82) is 0 Å². The molecule has 8 heteroatoms. The molecule has 8 nitrogen and oxygen atoms in total. The van der Waals surface area contributed by atoms with Gasteiger partial charge in [-0.1, -0.05) is 0 Å². The lowest BCUT2D eigenvalue weighted by Crippen LogP contribution is -2.59. The average molecular weight is 210 g/mol. The molecular weight excluding hydrogens is 200 g/mol. The van der Waals surface area contributed by atoms with Gasteiger partial charge in [0.25, 0.3) is 0 Å². The molecule has 5 N–H and O–H groups in total. The van der Waals surface area contributed by atoms with Crippen molar-refractivity contribution in [3.8, 4) is 0 Å². The largest absolute Gasteiger partial charge is 0.387 e. The first-order valence-electron chi connectivity index (χ1n) is 3.72. The minimum atomic E-state index is -1.84. The molecule has 14 heavy (non-hydrogen) atoms. The van der Waals surface area contributed by atoms with E-state index in [1.165, 1.54) is 0 Å². The van der Waals surface area contributed by atoms with Crippen LogP contribution in [0.4, 0.5) is 0 Å². The third-order valence-electron chi connectivity index (χ3n) is 1.91. The number of carbonyl (C=O) groups is 1. The normalized spacial score (nSPS) is 43.4. The third-order valence-corrected chi connectivity index (χ3v) is 1.91. The van der Waals surface area contributed by atoms with Crippen LogP contribution < -0.4 is 0 Å². The molecular formula is C6H10O8. The van der Waals surface area contributed by atoms with Crippen LogP contribution >= 0.6 is 0 Å². The maximum atomic E-state index is 10.7. The van der Waals surface area contributed by atoms with E-state index >= 15 is 0 Å². The summed E-state index contributed by atoms with van der Waals surface area (Å²) in [6.45, 7) is 0. The van der Waals surface area contributed by atoms with Crippen molar-refractivity contribution in [2.24, 2.45) is 0 Å². The summed E-state index contributed by atoms with van der Waals surface area (Å²) in [4.78, 5) is 14.0. The van der Waals surface area contributed by atoms with E-state index in [4.69, 9.17) is 25.7 Å². The highest BCUT2D eigenvalue weighted by molar-refractivity contribution is 5.75. The fraction of sp³-hybridized carbons (Fsp3) is 0.833. The SMILES string of the molecule is O=C(OO)[C@H]1O[C@@H](O)[C@H](O)[C@@H](O)[C@@H]1O. The summed E-state index contributed by atoms with van der Waals surface area (Å²) in [5.41, 5.74) is 0. The molecule has 0 saturated carbocycles. The molecule has 0 radical (unpaired) electrons. The average Bonchev–Trinajstić information content (AvgIpc) is 2.19. The van der Waals surface area contributed by atoms with Crippen LogP contribution in [0.5, 0.6) is 0 Å². The Kier molecular flexibility index (Phi) is 3.37. The standard InChI is InChI=1S/C6H10O8/c7-1-2(8)4(6(11)14-12)13-5(10)3(1)9/h1-5,7-10,12H/t1-,2-,3+,4-,5+/m0/s1. The van der Waals surface area contributed by atoms with Gasteiger partial charge in [0.2, 0.25) is 0 Å². The lowest BCUT2D eigenvalue weighted by molar-refractivity contribution is -0.300. The van der Waals surface area contributed by atoms with Crippen molar-refractivity contribution in [2.75, 3.05) is 0 Å².